The number of hydrogen-bond donors (Lipinski definition) is 0. The Bertz CT molecular complexity index is 470. The quantitative estimate of drug-likeness (QED) is 0.672. The van der Waals surface area contributed by atoms with Crippen LogP contribution >= 0.6 is 0 Å². The molecule has 88 valence electrons. The summed E-state index contributed by atoms with van der Waals surface area (Å²) in [4.78, 5) is 12.0. The Labute approximate surface area is 100 Å². The third-order valence-corrected chi connectivity index (χ3v) is 3.39. The predicted molar refractivity (Wildman–Crippen MR) is 62.5 cm³/mol. The Morgan fingerprint density at radius 2 is 2.18 bits per heavy atom. The van der Waals surface area contributed by atoms with Gasteiger partial charge in [0.15, 0.2) is 0 Å². The fraction of sp³-hybridized carbons (Fsp3) is 0.385. The van der Waals surface area contributed by atoms with Gasteiger partial charge in [-0.25, -0.2) is 0 Å². The van der Waals surface area contributed by atoms with Gasteiger partial charge in [-0.2, -0.15) is 0 Å². The van der Waals surface area contributed by atoms with Crippen LogP contribution in [0, 0.1) is 5.92 Å². The van der Waals surface area contributed by atoms with Crippen molar-refractivity contribution in [1.29, 1.82) is 0 Å². The summed E-state index contributed by atoms with van der Waals surface area (Å²) in [6.45, 7) is 0.675. The third-order valence-electron chi connectivity index (χ3n) is 3.39. The number of amides is 1. The number of hydrogen-bond acceptors (Lipinski definition) is 2. The molecule has 17 heavy (non-hydrogen) atoms. The van der Waals surface area contributed by atoms with Gasteiger partial charge < -0.3 is 4.74 Å². The van der Waals surface area contributed by atoms with Crippen molar-refractivity contribution in [2.75, 3.05) is 13.7 Å². The smallest absolute Gasteiger partial charge is 0.298 e. The first-order valence-electron chi connectivity index (χ1n) is 5.85. The number of ether oxygens (including phenoxy) is 1. The van der Waals surface area contributed by atoms with Gasteiger partial charge in [0, 0.05) is 5.56 Å². The Balaban J connectivity index is 1.97. The number of hydrazine groups is 1. The van der Waals surface area contributed by atoms with Crippen molar-refractivity contribution in [2.24, 2.45) is 5.92 Å². The zero-order valence-electron chi connectivity index (χ0n) is 9.74. The molecule has 0 aliphatic carbocycles. The van der Waals surface area contributed by atoms with Crippen LogP contribution in [0.3, 0.4) is 0 Å². The first-order chi connectivity index (χ1) is 8.27. The topological polar surface area (TPSA) is 32.6 Å². The molecule has 4 heteroatoms. The monoisotopic (exact) mass is 231 g/mol. The average Bonchev–Trinajstić information content (AvgIpc) is 2.91. The zero-order valence-corrected chi connectivity index (χ0v) is 9.74. The second kappa shape index (κ2) is 3.96. The number of benzene rings is 1. The summed E-state index contributed by atoms with van der Waals surface area (Å²) < 4.78 is 7.53. The van der Waals surface area contributed by atoms with Crippen molar-refractivity contribution >= 4 is 12.1 Å². The molecule has 3 rings (SSSR count). The highest BCUT2D eigenvalue weighted by atomic mass is 16.5. The molecule has 2 saturated heterocycles. The first kappa shape index (κ1) is 10.5. The molecule has 1 amide bonds. The lowest BCUT2D eigenvalue weighted by molar-refractivity contribution is -0.705. The number of rotatable bonds is 1. The summed E-state index contributed by atoms with van der Waals surface area (Å²) >= 11 is 0. The van der Waals surface area contributed by atoms with E-state index in [0.29, 0.717) is 6.61 Å². The lowest BCUT2D eigenvalue weighted by atomic mass is 10.1. The summed E-state index contributed by atoms with van der Waals surface area (Å²) in [7, 11) is 1.80. The van der Waals surface area contributed by atoms with E-state index in [-0.39, 0.29) is 18.1 Å². The first-order valence-corrected chi connectivity index (χ1v) is 5.85. The Kier molecular flexibility index (Phi) is 2.44. The molecule has 1 aromatic carbocycles. The average molecular weight is 231 g/mol. The van der Waals surface area contributed by atoms with Crippen molar-refractivity contribution in [3.8, 4) is 0 Å². The summed E-state index contributed by atoms with van der Waals surface area (Å²) in [5.74, 6) is 0.152. The second-order valence-electron chi connectivity index (χ2n) is 4.44. The van der Waals surface area contributed by atoms with Crippen LogP contribution in [0.15, 0.2) is 30.3 Å². The molecule has 2 heterocycles. The molecule has 0 bridgehead atoms. The van der Waals surface area contributed by atoms with Gasteiger partial charge >= 0.3 is 0 Å². The second-order valence-corrected chi connectivity index (χ2v) is 4.44. The van der Waals surface area contributed by atoms with Crippen LogP contribution in [0.1, 0.15) is 12.0 Å². The van der Waals surface area contributed by atoms with Crippen LogP contribution in [-0.2, 0) is 9.53 Å². The fourth-order valence-corrected chi connectivity index (χ4v) is 2.46. The molecule has 1 aromatic rings. The van der Waals surface area contributed by atoms with E-state index in [4.69, 9.17) is 4.74 Å². The summed E-state index contributed by atoms with van der Waals surface area (Å²) in [6.07, 6.45) is 2.67. The van der Waals surface area contributed by atoms with E-state index in [9.17, 15) is 4.79 Å². The van der Waals surface area contributed by atoms with Crippen molar-refractivity contribution < 1.29 is 14.2 Å². The number of nitrogens with zero attached hydrogens (tertiary/aromatic N) is 2. The SMILES string of the molecule is CN1C(=O)[C@H]2CCO[C@H]2/[N+]1=C/c1ccccc1. The molecule has 0 N–H and O–H groups in total. The molecule has 2 aliphatic heterocycles. The van der Waals surface area contributed by atoms with Gasteiger partial charge in [-0.15, -0.1) is 5.01 Å². The van der Waals surface area contributed by atoms with Gasteiger partial charge in [0.2, 0.25) is 6.21 Å². The normalized spacial score (nSPS) is 30.1. The van der Waals surface area contributed by atoms with E-state index in [1.54, 1.807) is 12.1 Å². The highest BCUT2D eigenvalue weighted by Crippen LogP contribution is 2.29. The van der Waals surface area contributed by atoms with E-state index in [1.807, 2.05) is 41.2 Å². The molecule has 0 radical (unpaired) electrons. The van der Waals surface area contributed by atoms with Gasteiger partial charge in [0.25, 0.3) is 12.1 Å². The van der Waals surface area contributed by atoms with Crippen molar-refractivity contribution in [1.82, 2.24) is 5.01 Å². The van der Waals surface area contributed by atoms with Crippen LogP contribution < -0.4 is 0 Å². The van der Waals surface area contributed by atoms with Gasteiger partial charge in [0.1, 0.15) is 5.92 Å². The summed E-state index contributed by atoms with van der Waals surface area (Å²) in [5, 5.41) is 1.65. The summed E-state index contributed by atoms with van der Waals surface area (Å²) in [6, 6.07) is 9.97. The minimum atomic E-state index is -0.118. The van der Waals surface area contributed by atoms with Crippen LogP contribution in [0.25, 0.3) is 0 Å². The molecule has 2 atom stereocenters. The van der Waals surface area contributed by atoms with E-state index in [0.717, 1.165) is 12.0 Å². The van der Waals surface area contributed by atoms with Crippen LogP contribution in [-0.4, -0.2) is 41.7 Å². The van der Waals surface area contributed by atoms with Gasteiger partial charge in [-0.1, -0.05) is 22.9 Å². The molecule has 2 aliphatic rings. The van der Waals surface area contributed by atoms with Crippen molar-refractivity contribution in [3.05, 3.63) is 35.9 Å². The maximum absolute atomic E-state index is 12.0. The maximum atomic E-state index is 12.0. The lowest BCUT2D eigenvalue weighted by Gasteiger charge is -2.07. The van der Waals surface area contributed by atoms with Gasteiger partial charge in [-0.3, -0.25) is 4.79 Å². The molecule has 0 spiro atoms. The van der Waals surface area contributed by atoms with E-state index >= 15 is 0 Å². The molecule has 0 aromatic heterocycles. The molecule has 0 saturated carbocycles. The lowest BCUT2D eigenvalue weighted by Crippen LogP contribution is -2.33. The predicted octanol–water partition coefficient (Wildman–Crippen LogP) is 0.868. The van der Waals surface area contributed by atoms with Crippen molar-refractivity contribution in [3.63, 3.8) is 0 Å². The van der Waals surface area contributed by atoms with Gasteiger partial charge in [-0.05, 0) is 18.6 Å². The number of fused-ring (bicyclic) bond motifs is 1. The Hall–Kier alpha value is -1.68. The highest BCUT2D eigenvalue weighted by Gasteiger charge is 2.53. The Morgan fingerprint density at radius 3 is 2.94 bits per heavy atom. The molecule has 0 unspecified atom stereocenters. The molecule has 4 nitrogen and oxygen atoms in total. The van der Waals surface area contributed by atoms with Crippen molar-refractivity contribution in [2.45, 2.75) is 12.6 Å². The molecular weight excluding hydrogens is 216 g/mol. The van der Waals surface area contributed by atoms with Crippen LogP contribution in [0.2, 0.25) is 0 Å². The minimum absolute atomic E-state index is 0.0000350. The number of hydrazone groups is 1. The largest absolute Gasteiger partial charge is 0.319 e. The van der Waals surface area contributed by atoms with Crippen LogP contribution in [0.5, 0.6) is 0 Å². The van der Waals surface area contributed by atoms with E-state index in [2.05, 4.69) is 0 Å². The number of carbonyl (C=O) groups excluding carboxylic acids is 1. The minimum Gasteiger partial charge on any atom is -0.319 e. The zero-order chi connectivity index (χ0) is 11.8. The fourth-order valence-electron chi connectivity index (χ4n) is 2.46. The number of carbonyl (C=O) groups is 1. The van der Waals surface area contributed by atoms with Crippen LogP contribution in [0.4, 0.5) is 0 Å². The summed E-state index contributed by atoms with van der Waals surface area (Å²) in [5.41, 5.74) is 1.07. The highest BCUT2D eigenvalue weighted by molar-refractivity contribution is 5.82. The van der Waals surface area contributed by atoms with E-state index < -0.39 is 0 Å². The maximum Gasteiger partial charge on any atom is 0.298 e. The third kappa shape index (κ3) is 1.65. The molecular formula is C13H15N2O2+. The standard InChI is InChI=1S/C13H15N2O2/c1-14-12(16)11-7-8-17-13(11)15(14)9-10-5-3-2-4-6-10/h2-6,9,11,13H,7-8H2,1H3/q+1/b15-9-/t11-,13-/m1/s1. The Morgan fingerprint density at radius 1 is 1.41 bits per heavy atom. The van der Waals surface area contributed by atoms with Gasteiger partial charge in [0.05, 0.1) is 13.7 Å². The van der Waals surface area contributed by atoms with E-state index in [1.165, 1.54) is 0 Å². The molecule has 2 fully saturated rings.